The molecule has 0 bridgehead atoms. The predicted octanol–water partition coefficient (Wildman–Crippen LogP) is 2.68. The van der Waals surface area contributed by atoms with Crippen molar-refractivity contribution in [1.82, 2.24) is 14.9 Å². The van der Waals surface area contributed by atoms with Crippen molar-refractivity contribution in [1.29, 1.82) is 0 Å². The van der Waals surface area contributed by atoms with E-state index in [1.54, 1.807) is 0 Å². The van der Waals surface area contributed by atoms with Crippen LogP contribution in [0.3, 0.4) is 0 Å². The minimum Gasteiger partial charge on any atom is -0.330 e. The van der Waals surface area contributed by atoms with Gasteiger partial charge in [0.1, 0.15) is 11.5 Å². The van der Waals surface area contributed by atoms with Gasteiger partial charge in [0.2, 0.25) is 0 Å². The van der Waals surface area contributed by atoms with Gasteiger partial charge in [-0.3, -0.25) is 9.13 Å². The van der Waals surface area contributed by atoms with Crippen molar-refractivity contribution in [3.63, 3.8) is 0 Å². The first-order valence-electron chi connectivity index (χ1n) is 7.43. The van der Waals surface area contributed by atoms with Gasteiger partial charge in [0.15, 0.2) is 0 Å². The van der Waals surface area contributed by atoms with Gasteiger partial charge in [-0.1, -0.05) is 38.3 Å². The van der Waals surface area contributed by atoms with E-state index in [-0.39, 0.29) is 6.42 Å². The second-order valence-corrected chi connectivity index (χ2v) is 7.25. The lowest BCUT2D eigenvalue weighted by atomic mass is 9.92. The Labute approximate surface area is 136 Å². The number of unbranched alkanes of at least 4 members (excludes halogenated alkanes) is 2. The summed E-state index contributed by atoms with van der Waals surface area (Å²) in [5.41, 5.74) is 0. The first kappa shape index (κ1) is 19.4. The van der Waals surface area contributed by atoms with Gasteiger partial charge in [0, 0.05) is 12.4 Å². The zero-order valence-electron chi connectivity index (χ0n) is 13.3. The summed E-state index contributed by atoms with van der Waals surface area (Å²) in [5, 5.41) is 1.01. The fourth-order valence-corrected chi connectivity index (χ4v) is 3.68. The van der Waals surface area contributed by atoms with E-state index in [0.717, 1.165) is 12.8 Å². The maximum Gasteiger partial charge on any atom is 0.337 e. The minimum atomic E-state index is -4.58. The van der Waals surface area contributed by atoms with Crippen LogP contribution in [0.5, 0.6) is 0 Å². The van der Waals surface area contributed by atoms with Crippen LogP contribution in [-0.2, 0) is 4.57 Å². The standard InChI is InChI=1S/C15H24N3O4P/c1-4-7-8-9-15(6-3,23(20,21)22)13(5-2)17-14(19)18-11-10-16-12-18/h5-6,10-13H,2-4,7-9H2,1H3,(H,17,19)(H2,20,21,22). The molecule has 1 aromatic rings. The van der Waals surface area contributed by atoms with E-state index in [0.29, 0.717) is 6.42 Å². The number of carbonyl (C=O) groups is 1. The summed E-state index contributed by atoms with van der Waals surface area (Å²) in [6, 6.07) is -1.49. The van der Waals surface area contributed by atoms with Crippen molar-refractivity contribution < 1.29 is 19.1 Å². The monoisotopic (exact) mass is 341 g/mol. The molecule has 1 rings (SSSR count). The van der Waals surface area contributed by atoms with Gasteiger partial charge in [-0.05, 0) is 6.42 Å². The van der Waals surface area contributed by atoms with Crippen LogP contribution in [0.4, 0.5) is 4.79 Å². The van der Waals surface area contributed by atoms with E-state index in [1.165, 1.54) is 35.4 Å². The molecular weight excluding hydrogens is 317 g/mol. The highest BCUT2D eigenvalue weighted by atomic mass is 31.2. The van der Waals surface area contributed by atoms with Crippen molar-refractivity contribution in [3.8, 4) is 0 Å². The average Bonchev–Trinajstić information content (AvgIpc) is 3.03. The molecule has 0 saturated heterocycles. The topological polar surface area (TPSA) is 104 Å². The normalized spacial score (nSPS) is 15.4. The van der Waals surface area contributed by atoms with E-state index < -0.39 is 24.8 Å². The summed E-state index contributed by atoms with van der Waals surface area (Å²) in [5.74, 6) is 0. The van der Waals surface area contributed by atoms with Crippen LogP contribution in [0.1, 0.15) is 32.6 Å². The molecule has 128 valence electrons. The third kappa shape index (κ3) is 4.41. The highest BCUT2D eigenvalue weighted by molar-refractivity contribution is 7.54. The van der Waals surface area contributed by atoms with Crippen LogP contribution >= 0.6 is 7.60 Å². The zero-order valence-corrected chi connectivity index (χ0v) is 14.2. The second kappa shape index (κ2) is 8.24. The summed E-state index contributed by atoms with van der Waals surface area (Å²) < 4.78 is 13.3. The Morgan fingerprint density at radius 2 is 2.17 bits per heavy atom. The van der Waals surface area contributed by atoms with Crippen molar-refractivity contribution in [2.24, 2.45) is 0 Å². The van der Waals surface area contributed by atoms with E-state index in [9.17, 15) is 19.1 Å². The molecule has 0 aliphatic rings. The first-order valence-corrected chi connectivity index (χ1v) is 9.04. The van der Waals surface area contributed by atoms with Crippen LogP contribution in [0.15, 0.2) is 44.0 Å². The molecule has 0 radical (unpaired) electrons. The van der Waals surface area contributed by atoms with E-state index in [1.807, 2.05) is 6.92 Å². The molecule has 1 aromatic heterocycles. The number of imidazole rings is 1. The Balaban J connectivity index is 3.10. The molecule has 23 heavy (non-hydrogen) atoms. The number of aromatic nitrogens is 2. The second-order valence-electron chi connectivity index (χ2n) is 5.33. The average molecular weight is 341 g/mol. The van der Waals surface area contributed by atoms with Crippen molar-refractivity contribution in [2.75, 3.05) is 0 Å². The predicted molar refractivity (Wildman–Crippen MR) is 89.3 cm³/mol. The van der Waals surface area contributed by atoms with Gasteiger partial charge in [0.05, 0.1) is 6.04 Å². The third-order valence-corrected chi connectivity index (χ3v) is 5.64. The number of amides is 1. The van der Waals surface area contributed by atoms with Crippen molar-refractivity contribution in [2.45, 2.75) is 43.8 Å². The van der Waals surface area contributed by atoms with Gasteiger partial charge in [-0.2, -0.15) is 0 Å². The Morgan fingerprint density at radius 1 is 1.48 bits per heavy atom. The van der Waals surface area contributed by atoms with Crippen LogP contribution in [-0.4, -0.2) is 36.6 Å². The molecule has 1 amide bonds. The summed E-state index contributed by atoms with van der Waals surface area (Å²) in [4.78, 5) is 35.7. The molecule has 0 fully saturated rings. The smallest absolute Gasteiger partial charge is 0.330 e. The Morgan fingerprint density at radius 3 is 2.61 bits per heavy atom. The number of hydrogen-bond donors (Lipinski definition) is 3. The zero-order chi connectivity index (χ0) is 17.5. The van der Waals surface area contributed by atoms with Gasteiger partial charge in [-0.15, -0.1) is 13.2 Å². The molecule has 1 heterocycles. The molecular formula is C15H24N3O4P. The highest BCUT2D eigenvalue weighted by Crippen LogP contribution is 2.56. The van der Waals surface area contributed by atoms with Crippen LogP contribution < -0.4 is 5.32 Å². The molecule has 3 N–H and O–H groups in total. The Bertz CT molecular complexity index is 582. The van der Waals surface area contributed by atoms with Crippen LogP contribution in [0.25, 0.3) is 0 Å². The Kier molecular flexibility index (Phi) is 6.94. The SMILES string of the molecule is C=CC(NC(=O)n1ccnc1)C(C=C)(CCCCC)P(=O)(O)O. The largest absolute Gasteiger partial charge is 0.337 e. The number of carbonyl (C=O) groups excluding carboxylic acids is 1. The lowest BCUT2D eigenvalue weighted by Gasteiger charge is -2.37. The summed E-state index contributed by atoms with van der Waals surface area (Å²) in [6.07, 6.45) is 9.32. The van der Waals surface area contributed by atoms with E-state index in [4.69, 9.17) is 0 Å². The van der Waals surface area contributed by atoms with Gasteiger partial charge in [0.25, 0.3) is 0 Å². The Hall–Kier alpha value is -1.69. The van der Waals surface area contributed by atoms with E-state index >= 15 is 0 Å². The van der Waals surface area contributed by atoms with Crippen molar-refractivity contribution >= 4 is 13.6 Å². The number of rotatable bonds is 9. The quantitative estimate of drug-likeness (QED) is 0.364. The molecule has 0 aliphatic heterocycles. The molecule has 2 atom stereocenters. The molecule has 2 unspecified atom stereocenters. The highest BCUT2D eigenvalue weighted by Gasteiger charge is 2.49. The van der Waals surface area contributed by atoms with E-state index in [2.05, 4.69) is 23.5 Å². The first-order chi connectivity index (χ1) is 10.8. The lowest BCUT2D eigenvalue weighted by Crippen LogP contribution is -2.51. The number of nitrogens with zero attached hydrogens (tertiary/aromatic N) is 2. The molecule has 8 heteroatoms. The number of nitrogens with one attached hydrogen (secondary N) is 1. The van der Waals surface area contributed by atoms with Crippen LogP contribution in [0.2, 0.25) is 0 Å². The fourth-order valence-electron chi connectivity index (χ4n) is 2.46. The maximum atomic E-state index is 12.2. The molecule has 7 nitrogen and oxygen atoms in total. The summed E-state index contributed by atoms with van der Waals surface area (Å²) >= 11 is 0. The molecule has 0 aromatic carbocycles. The van der Waals surface area contributed by atoms with Gasteiger partial charge < -0.3 is 15.1 Å². The van der Waals surface area contributed by atoms with Crippen molar-refractivity contribution in [3.05, 3.63) is 44.0 Å². The molecule has 0 spiro atoms. The summed E-state index contributed by atoms with van der Waals surface area (Å²) in [6.45, 7) is 9.23. The minimum absolute atomic E-state index is 0.204. The van der Waals surface area contributed by atoms with Gasteiger partial charge in [-0.25, -0.2) is 9.78 Å². The third-order valence-electron chi connectivity index (χ3n) is 3.87. The molecule has 0 aliphatic carbocycles. The lowest BCUT2D eigenvalue weighted by molar-refractivity contribution is 0.236. The van der Waals surface area contributed by atoms with Crippen LogP contribution in [0, 0.1) is 0 Å². The summed E-state index contributed by atoms with van der Waals surface area (Å²) in [7, 11) is -4.58. The van der Waals surface area contributed by atoms with Gasteiger partial charge >= 0.3 is 13.6 Å². The number of hydrogen-bond acceptors (Lipinski definition) is 3. The molecule has 0 saturated carbocycles. The maximum absolute atomic E-state index is 12.2. The fraction of sp³-hybridized carbons (Fsp3) is 0.467.